The van der Waals surface area contributed by atoms with Crippen molar-refractivity contribution in [3.8, 4) is 5.88 Å². The van der Waals surface area contributed by atoms with Gasteiger partial charge in [0.25, 0.3) is 0 Å². The molecule has 1 rings (SSSR count). The second-order valence-corrected chi connectivity index (χ2v) is 3.99. The predicted molar refractivity (Wildman–Crippen MR) is 66.7 cm³/mol. The summed E-state index contributed by atoms with van der Waals surface area (Å²) in [6.45, 7) is 5.07. The van der Waals surface area contributed by atoms with Gasteiger partial charge in [-0.05, 0) is 32.0 Å². The first-order chi connectivity index (χ1) is 7.77. The lowest BCUT2D eigenvalue weighted by Crippen LogP contribution is -2.12. The fourth-order valence-corrected chi connectivity index (χ4v) is 1.47. The first-order valence-corrected chi connectivity index (χ1v) is 6.04. The van der Waals surface area contributed by atoms with Gasteiger partial charge in [-0.3, -0.25) is 0 Å². The van der Waals surface area contributed by atoms with Crippen molar-refractivity contribution in [2.24, 2.45) is 0 Å². The van der Waals surface area contributed by atoms with Gasteiger partial charge in [-0.15, -0.1) is 0 Å². The lowest BCUT2D eigenvalue weighted by atomic mass is 10.1. The molecule has 1 atom stereocenters. The third-order valence-electron chi connectivity index (χ3n) is 2.69. The summed E-state index contributed by atoms with van der Waals surface area (Å²) in [5.74, 6) is 0.732. The summed E-state index contributed by atoms with van der Waals surface area (Å²) in [5.41, 5.74) is 1.21. The molecule has 0 saturated heterocycles. The van der Waals surface area contributed by atoms with Crippen LogP contribution in [0.3, 0.4) is 0 Å². The number of unbranched alkanes of at least 4 members (excludes halogenated alkanes) is 2. The van der Waals surface area contributed by atoms with Gasteiger partial charge in [-0.25, -0.2) is 4.98 Å². The number of hydrogen-bond acceptors (Lipinski definition) is 3. The standard InChI is InChI=1S/C13H22N2O/c1-4-5-6-9-16-13-10-12(7-8-15-13)11(2)14-3/h7-8,10-11,14H,4-6,9H2,1-3H3. The molecular weight excluding hydrogens is 200 g/mol. The maximum atomic E-state index is 5.60. The molecule has 1 aromatic rings. The van der Waals surface area contributed by atoms with Gasteiger partial charge in [0.05, 0.1) is 6.61 Å². The van der Waals surface area contributed by atoms with Crippen molar-refractivity contribution in [3.63, 3.8) is 0 Å². The van der Waals surface area contributed by atoms with E-state index < -0.39 is 0 Å². The van der Waals surface area contributed by atoms with Crippen molar-refractivity contribution in [1.29, 1.82) is 0 Å². The summed E-state index contributed by atoms with van der Waals surface area (Å²) in [6.07, 6.45) is 5.34. The number of aromatic nitrogens is 1. The Kier molecular flexibility index (Phi) is 5.86. The van der Waals surface area contributed by atoms with Gasteiger partial charge < -0.3 is 10.1 Å². The first-order valence-electron chi connectivity index (χ1n) is 6.04. The Morgan fingerprint density at radius 3 is 2.94 bits per heavy atom. The quantitative estimate of drug-likeness (QED) is 0.720. The van der Waals surface area contributed by atoms with Crippen LogP contribution in [-0.2, 0) is 0 Å². The Morgan fingerprint density at radius 1 is 1.44 bits per heavy atom. The average Bonchev–Trinajstić information content (AvgIpc) is 2.34. The van der Waals surface area contributed by atoms with Crippen molar-refractivity contribution in [2.45, 2.75) is 39.2 Å². The van der Waals surface area contributed by atoms with E-state index in [1.807, 2.05) is 19.2 Å². The van der Waals surface area contributed by atoms with Crippen LogP contribution in [0.1, 0.15) is 44.7 Å². The van der Waals surface area contributed by atoms with E-state index >= 15 is 0 Å². The zero-order valence-corrected chi connectivity index (χ0v) is 10.5. The van der Waals surface area contributed by atoms with Crippen LogP contribution in [-0.4, -0.2) is 18.6 Å². The van der Waals surface area contributed by atoms with Crippen LogP contribution in [0, 0.1) is 0 Å². The van der Waals surface area contributed by atoms with Gasteiger partial charge in [-0.2, -0.15) is 0 Å². The normalized spacial score (nSPS) is 12.4. The minimum Gasteiger partial charge on any atom is -0.478 e. The summed E-state index contributed by atoms with van der Waals surface area (Å²) in [4.78, 5) is 4.20. The molecule has 1 heterocycles. The second-order valence-electron chi connectivity index (χ2n) is 3.99. The predicted octanol–water partition coefficient (Wildman–Crippen LogP) is 2.93. The van der Waals surface area contributed by atoms with E-state index in [-0.39, 0.29) is 0 Å². The highest BCUT2D eigenvalue weighted by Gasteiger charge is 2.04. The topological polar surface area (TPSA) is 34.1 Å². The molecule has 1 unspecified atom stereocenters. The van der Waals surface area contributed by atoms with Crippen LogP contribution >= 0.6 is 0 Å². The highest BCUT2D eigenvalue weighted by molar-refractivity contribution is 5.23. The van der Waals surface area contributed by atoms with E-state index in [4.69, 9.17) is 4.74 Å². The summed E-state index contributed by atoms with van der Waals surface area (Å²) in [7, 11) is 1.95. The Labute approximate surface area is 98.2 Å². The van der Waals surface area contributed by atoms with Gasteiger partial charge in [-0.1, -0.05) is 19.8 Å². The zero-order valence-electron chi connectivity index (χ0n) is 10.5. The number of rotatable bonds is 7. The molecular formula is C13H22N2O. The molecule has 0 saturated carbocycles. The van der Waals surface area contributed by atoms with Gasteiger partial charge in [0, 0.05) is 18.3 Å². The molecule has 0 aliphatic carbocycles. The van der Waals surface area contributed by atoms with E-state index in [9.17, 15) is 0 Å². The van der Waals surface area contributed by atoms with Gasteiger partial charge >= 0.3 is 0 Å². The monoisotopic (exact) mass is 222 g/mol. The van der Waals surface area contributed by atoms with Crippen LogP contribution in [0.4, 0.5) is 0 Å². The Balaban J connectivity index is 2.47. The molecule has 0 aliphatic heterocycles. The van der Waals surface area contributed by atoms with Crippen LogP contribution in [0.15, 0.2) is 18.3 Å². The number of pyridine rings is 1. The fourth-order valence-electron chi connectivity index (χ4n) is 1.47. The molecule has 0 amide bonds. The molecule has 0 radical (unpaired) electrons. The van der Waals surface area contributed by atoms with E-state index in [1.165, 1.54) is 18.4 Å². The van der Waals surface area contributed by atoms with Crippen LogP contribution in [0.5, 0.6) is 5.88 Å². The van der Waals surface area contributed by atoms with E-state index in [1.54, 1.807) is 6.20 Å². The molecule has 3 heteroatoms. The van der Waals surface area contributed by atoms with E-state index in [2.05, 4.69) is 24.1 Å². The molecule has 1 N–H and O–H groups in total. The molecule has 0 spiro atoms. The van der Waals surface area contributed by atoms with Crippen LogP contribution in [0.25, 0.3) is 0 Å². The third-order valence-corrected chi connectivity index (χ3v) is 2.69. The van der Waals surface area contributed by atoms with Crippen molar-refractivity contribution in [1.82, 2.24) is 10.3 Å². The lowest BCUT2D eigenvalue weighted by molar-refractivity contribution is 0.294. The summed E-state index contributed by atoms with van der Waals surface area (Å²) < 4.78 is 5.60. The zero-order chi connectivity index (χ0) is 11.8. The molecule has 16 heavy (non-hydrogen) atoms. The van der Waals surface area contributed by atoms with Gasteiger partial charge in [0.2, 0.25) is 5.88 Å². The fraction of sp³-hybridized carbons (Fsp3) is 0.615. The number of ether oxygens (including phenoxy) is 1. The van der Waals surface area contributed by atoms with E-state index in [0.717, 1.165) is 18.9 Å². The highest BCUT2D eigenvalue weighted by atomic mass is 16.5. The minimum absolute atomic E-state index is 0.334. The van der Waals surface area contributed by atoms with Crippen molar-refractivity contribution in [3.05, 3.63) is 23.9 Å². The number of nitrogens with one attached hydrogen (secondary N) is 1. The molecule has 0 bridgehead atoms. The average molecular weight is 222 g/mol. The number of hydrogen-bond donors (Lipinski definition) is 1. The molecule has 90 valence electrons. The Bertz CT molecular complexity index is 302. The van der Waals surface area contributed by atoms with Crippen molar-refractivity contribution in [2.75, 3.05) is 13.7 Å². The lowest BCUT2D eigenvalue weighted by Gasteiger charge is -2.11. The summed E-state index contributed by atoms with van der Waals surface area (Å²) in [5, 5.41) is 3.20. The first kappa shape index (κ1) is 13.0. The van der Waals surface area contributed by atoms with Crippen molar-refractivity contribution >= 4 is 0 Å². The SMILES string of the molecule is CCCCCOc1cc(C(C)NC)ccn1. The maximum absolute atomic E-state index is 5.60. The van der Waals surface area contributed by atoms with Crippen LogP contribution < -0.4 is 10.1 Å². The molecule has 0 fully saturated rings. The second kappa shape index (κ2) is 7.23. The molecule has 3 nitrogen and oxygen atoms in total. The minimum atomic E-state index is 0.334. The maximum Gasteiger partial charge on any atom is 0.213 e. The summed E-state index contributed by atoms with van der Waals surface area (Å²) in [6, 6.07) is 4.36. The highest BCUT2D eigenvalue weighted by Crippen LogP contribution is 2.16. The molecule has 1 aromatic heterocycles. The Morgan fingerprint density at radius 2 is 2.25 bits per heavy atom. The third kappa shape index (κ3) is 4.19. The van der Waals surface area contributed by atoms with Crippen LogP contribution in [0.2, 0.25) is 0 Å². The molecule has 0 aromatic carbocycles. The Hall–Kier alpha value is -1.09. The smallest absolute Gasteiger partial charge is 0.213 e. The largest absolute Gasteiger partial charge is 0.478 e. The van der Waals surface area contributed by atoms with E-state index in [0.29, 0.717) is 6.04 Å². The molecule has 0 aliphatic rings. The summed E-state index contributed by atoms with van der Waals surface area (Å²) >= 11 is 0. The van der Waals surface area contributed by atoms with Crippen molar-refractivity contribution < 1.29 is 4.74 Å². The van der Waals surface area contributed by atoms with Gasteiger partial charge in [0.1, 0.15) is 0 Å². The number of nitrogens with zero attached hydrogens (tertiary/aromatic N) is 1. The van der Waals surface area contributed by atoms with Gasteiger partial charge in [0.15, 0.2) is 0 Å².